The number of ether oxygens (including phenoxy) is 1. The number of carbonyl (C=O) groups excluding carboxylic acids is 1. The fourth-order valence-corrected chi connectivity index (χ4v) is 2.47. The summed E-state index contributed by atoms with van der Waals surface area (Å²) in [5.41, 5.74) is 4.17. The Morgan fingerprint density at radius 3 is 3.00 bits per heavy atom. The highest BCUT2D eigenvalue weighted by molar-refractivity contribution is 5.89. The molecule has 3 heteroatoms. The van der Waals surface area contributed by atoms with Crippen LogP contribution in [0.25, 0.3) is 0 Å². The summed E-state index contributed by atoms with van der Waals surface area (Å²) in [6, 6.07) is 3.44. The van der Waals surface area contributed by atoms with E-state index in [-0.39, 0.29) is 5.97 Å². The largest absolute Gasteiger partial charge is 0.458 e. The number of esters is 1. The molecule has 2 rings (SSSR count). The molecule has 0 aromatic carbocycles. The Morgan fingerprint density at radius 1 is 1.58 bits per heavy atom. The lowest BCUT2D eigenvalue weighted by molar-refractivity contribution is 0.0533. The van der Waals surface area contributed by atoms with Crippen LogP contribution in [0.3, 0.4) is 0 Å². The number of rotatable bonds is 4. The second-order valence-electron chi connectivity index (χ2n) is 5.06. The van der Waals surface area contributed by atoms with Gasteiger partial charge in [-0.05, 0) is 44.4 Å². The van der Waals surface area contributed by atoms with E-state index in [9.17, 15) is 4.79 Å². The first-order chi connectivity index (χ1) is 9.09. The Kier molecular flexibility index (Phi) is 4.15. The molecule has 1 atom stereocenters. The molecule has 0 N–H and O–H groups in total. The van der Waals surface area contributed by atoms with Gasteiger partial charge in [-0.2, -0.15) is 0 Å². The Hall–Kier alpha value is -1.90. The monoisotopic (exact) mass is 257 g/mol. The molecule has 1 heterocycles. The van der Waals surface area contributed by atoms with Gasteiger partial charge in [0.2, 0.25) is 0 Å². The molecular weight excluding hydrogens is 238 g/mol. The van der Waals surface area contributed by atoms with Gasteiger partial charge in [0.15, 0.2) is 0 Å². The van der Waals surface area contributed by atoms with Gasteiger partial charge < -0.3 is 4.74 Å². The zero-order valence-corrected chi connectivity index (χ0v) is 11.5. The summed E-state index contributed by atoms with van der Waals surface area (Å²) >= 11 is 0. The van der Waals surface area contributed by atoms with Gasteiger partial charge in [0, 0.05) is 18.3 Å². The summed E-state index contributed by atoms with van der Waals surface area (Å²) in [5.74, 6) is 0.0439. The van der Waals surface area contributed by atoms with Crippen LogP contribution in [0.1, 0.15) is 37.0 Å². The van der Waals surface area contributed by atoms with E-state index in [0.717, 1.165) is 18.4 Å². The van der Waals surface area contributed by atoms with Crippen molar-refractivity contribution < 1.29 is 9.53 Å². The van der Waals surface area contributed by atoms with E-state index in [1.165, 1.54) is 17.3 Å². The van der Waals surface area contributed by atoms with Gasteiger partial charge in [0.1, 0.15) is 6.61 Å². The minimum Gasteiger partial charge on any atom is -0.458 e. The summed E-state index contributed by atoms with van der Waals surface area (Å²) < 4.78 is 5.38. The van der Waals surface area contributed by atoms with Crippen LogP contribution in [0.4, 0.5) is 0 Å². The molecule has 0 unspecified atom stereocenters. The Morgan fingerprint density at radius 2 is 2.37 bits per heavy atom. The molecule has 100 valence electrons. The third-order valence-corrected chi connectivity index (χ3v) is 3.63. The van der Waals surface area contributed by atoms with Gasteiger partial charge in [-0.3, -0.25) is 4.98 Å². The van der Waals surface area contributed by atoms with E-state index >= 15 is 0 Å². The van der Waals surface area contributed by atoms with Gasteiger partial charge in [0.05, 0.1) is 5.56 Å². The Bertz CT molecular complexity index is 517. The second-order valence-corrected chi connectivity index (χ2v) is 5.06. The number of aromatic nitrogens is 1. The molecule has 1 aliphatic carbocycles. The summed E-state index contributed by atoms with van der Waals surface area (Å²) in [4.78, 5) is 15.8. The van der Waals surface area contributed by atoms with Crippen LogP contribution in [0.2, 0.25) is 0 Å². The average molecular weight is 257 g/mol. The fraction of sp³-hybridized carbons (Fsp3) is 0.375. The first-order valence-electron chi connectivity index (χ1n) is 6.50. The van der Waals surface area contributed by atoms with Gasteiger partial charge in [-0.15, -0.1) is 0 Å². The molecule has 1 aromatic rings. The van der Waals surface area contributed by atoms with Crippen LogP contribution in [0, 0.1) is 5.92 Å². The van der Waals surface area contributed by atoms with Gasteiger partial charge >= 0.3 is 5.97 Å². The maximum atomic E-state index is 11.9. The second kappa shape index (κ2) is 5.83. The van der Waals surface area contributed by atoms with Crippen molar-refractivity contribution >= 4 is 5.97 Å². The lowest BCUT2D eigenvalue weighted by Gasteiger charge is -2.15. The molecule has 0 bridgehead atoms. The number of pyridine rings is 1. The van der Waals surface area contributed by atoms with E-state index in [4.69, 9.17) is 4.74 Å². The molecule has 0 aliphatic heterocycles. The van der Waals surface area contributed by atoms with Gasteiger partial charge in [-0.1, -0.05) is 17.7 Å². The maximum Gasteiger partial charge on any atom is 0.340 e. The summed E-state index contributed by atoms with van der Waals surface area (Å²) in [6.45, 7) is 8.52. The maximum absolute atomic E-state index is 11.9. The van der Waals surface area contributed by atoms with Gasteiger partial charge in [-0.25, -0.2) is 4.79 Å². The highest BCUT2D eigenvalue weighted by Gasteiger charge is 2.24. The molecule has 1 aliphatic rings. The molecule has 0 saturated heterocycles. The number of hydrogen-bond acceptors (Lipinski definition) is 3. The number of hydrogen-bond donors (Lipinski definition) is 0. The van der Waals surface area contributed by atoms with E-state index in [1.54, 1.807) is 18.3 Å². The molecule has 0 amide bonds. The third kappa shape index (κ3) is 3.11. The van der Waals surface area contributed by atoms with Crippen molar-refractivity contribution in [3.8, 4) is 0 Å². The fourth-order valence-electron chi connectivity index (χ4n) is 2.47. The van der Waals surface area contributed by atoms with E-state index in [2.05, 4.69) is 18.5 Å². The summed E-state index contributed by atoms with van der Waals surface area (Å²) in [7, 11) is 0. The van der Waals surface area contributed by atoms with Crippen LogP contribution < -0.4 is 0 Å². The topological polar surface area (TPSA) is 39.2 Å². The highest BCUT2D eigenvalue weighted by Crippen LogP contribution is 2.35. The zero-order chi connectivity index (χ0) is 13.8. The minimum atomic E-state index is -0.319. The van der Waals surface area contributed by atoms with Crippen LogP contribution in [0.15, 0.2) is 47.8 Å². The van der Waals surface area contributed by atoms with Gasteiger partial charge in [0.25, 0.3) is 0 Å². The SMILES string of the molecule is C=C(C)[C@H]1CCC(C)=C1COC(=O)c1cccnc1. The molecule has 1 aromatic heterocycles. The van der Waals surface area contributed by atoms with E-state index < -0.39 is 0 Å². The lowest BCUT2D eigenvalue weighted by atomic mass is 9.94. The predicted molar refractivity (Wildman–Crippen MR) is 74.8 cm³/mol. The highest BCUT2D eigenvalue weighted by atomic mass is 16.5. The zero-order valence-electron chi connectivity index (χ0n) is 11.5. The van der Waals surface area contributed by atoms with Crippen molar-refractivity contribution in [3.05, 3.63) is 53.4 Å². The Labute approximate surface area is 114 Å². The smallest absolute Gasteiger partial charge is 0.340 e. The molecule has 0 saturated carbocycles. The number of carbonyl (C=O) groups is 1. The lowest BCUT2D eigenvalue weighted by Crippen LogP contribution is -2.12. The van der Waals surface area contributed by atoms with Crippen LogP contribution in [-0.4, -0.2) is 17.6 Å². The molecule has 19 heavy (non-hydrogen) atoms. The van der Waals surface area contributed by atoms with Crippen LogP contribution in [-0.2, 0) is 4.74 Å². The summed E-state index contributed by atoms with van der Waals surface area (Å²) in [5, 5.41) is 0. The number of allylic oxidation sites excluding steroid dienone is 2. The summed E-state index contributed by atoms with van der Waals surface area (Å²) in [6.07, 6.45) is 5.31. The number of nitrogens with zero attached hydrogens (tertiary/aromatic N) is 1. The van der Waals surface area contributed by atoms with Crippen molar-refractivity contribution in [2.45, 2.75) is 26.7 Å². The average Bonchev–Trinajstić information content (AvgIpc) is 2.78. The molecule has 0 spiro atoms. The van der Waals surface area contributed by atoms with Crippen molar-refractivity contribution in [3.63, 3.8) is 0 Å². The van der Waals surface area contributed by atoms with Crippen molar-refractivity contribution in [1.29, 1.82) is 0 Å². The normalized spacial score (nSPS) is 18.5. The molecule has 0 radical (unpaired) electrons. The van der Waals surface area contributed by atoms with Crippen LogP contribution >= 0.6 is 0 Å². The quantitative estimate of drug-likeness (QED) is 0.611. The molecular formula is C16H19NO2. The molecule has 3 nitrogen and oxygen atoms in total. The van der Waals surface area contributed by atoms with E-state index in [1.807, 2.05) is 6.92 Å². The first-order valence-corrected chi connectivity index (χ1v) is 6.50. The Balaban J connectivity index is 2.01. The first kappa shape index (κ1) is 13.5. The minimum absolute atomic E-state index is 0.319. The van der Waals surface area contributed by atoms with Crippen molar-refractivity contribution in [2.75, 3.05) is 6.61 Å². The van der Waals surface area contributed by atoms with Crippen molar-refractivity contribution in [1.82, 2.24) is 4.98 Å². The van der Waals surface area contributed by atoms with Crippen LogP contribution in [0.5, 0.6) is 0 Å². The van der Waals surface area contributed by atoms with E-state index in [0.29, 0.717) is 18.1 Å². The molecule has 0 fully saturated rings. The third-order valence-electron chi connectivity index (χ3n) is 3.63. The van der Waals surface area contributed by atoms with Crippen molar-refractivity contribution in [2.24, 2.45) is 5.92 Å². The predicted octanol–water partition coefficient (Wildman–Crippen LogP) is 3.54. The standard InChI is InChI=1S/C16H19NO2/c1-11(2)14-7-6-12(3)15(14)10-19-16(18)13-5-4-8-17-9-13/h4-5,8-9,14H,1,6-7,10H2,2-3H3/t14-/m1/s1.